The lowest BCUT2D eigenvalue weighted by molar-refractivity contribution is 0.0693. The first kappa shape index (κ1) is 19.2. The lowest BCUT2D eigenvalue weighted by atomic mass is 9.98. The van der Waals surface area contributed by atoms with E-state index in [0.717, 1.165) is 5.56 Å². The lowest BCUT2D eigenvalue weighted by Gasteiger charge is -2.14. The first-order valence-electron chi connectivity index (χ1n) is 8.54. The summed E-state index contributed by atoms with van der Waals surface area (Å²) in [6, 6.07) is 12.1. The number of ether oxygens (including phenoxy) is 1. The molecule has 3 aromatic rings. The monoisotopic (exact) mass is 381 g/mol. The Morgan fingerprint density at radius 3 is 2.43 bits per heavy atom. The summed E-state index contributed by atoms with van der Waals surface area (Å²) < 4.78 is 10.5. The van der Waals surface area contributed by atoms with E-state index in [9.17, 15) is 19.5 Å². The molecule has 7 heteroatoms. The Labute approximate surface area is 160 Å². The Hall–Kier alpha value is -3.61. The van der Waals surface area contributed by atoms with Crippen LogP contribution in [0.1, 0.15) is 27.0 Å². The predicted octanol–water partition coefficient (Wildman–Crippen LogP) is 3.45. The van der Waals surface area contributed by atoms with Gasteiger partial charge in [0.1, 0.15) is 11.1 Å². The molecule has 1 heterocycles. The van der Waals surface area contributed by atoms with Crippen LogP contribution in [0, 0.1) is 6.92 Å². The minimum Gasteiger partial charge on any atom is -0.478 e. The van der Waals surface area contributed by atoms with Crippen molar-refractivity contribution in [2.45, 2.75) is 13.3 Å². The quantitative estimate of drug-likeness (QED) is 0.695. The van der Waals surface area contributed by atoms with E-state index >= 15 is 0 Å². The molecular formula is C21H19NO6. The zero-order valence-electron chi connectivity index (χ0n) is 15.7. The average Bonchev–Trinajstić information content (AvgIpc) is 2.65. The maximum Gasteiger partial charge on any atom is 0.414 e. The van der Waals surface area contributed by atoms with E-state index in [1.807, 2.05) is 30.3 Å². The number of carbonyl (C=O) groups excluding carboxylic acids is 1. The zero-order valence-corrected chi connectivity index (χ0v) is 15.7. The largest absolute Gasteiger partial charge is 0.478 e. The van der Waals surface area contributed by atoms with Gasteiger partial charge in [-0.3, -0.25) is 0 Å². The lowest BCUT2D eigenvalue weighted by Crippen LogP contribution is -2.26. The van der Waals surface area contributed by atoms with Crippen molar-refractivity contribution >= 4 is 23.0 Å². The minimum atomic E-state index is -1.25. The summed E-state index contributed by atoms with van der Waals surface area (Å²) in [5, 5.41) is 10.0. The fraction of sp³-hybridized carbons (Fsp3) is 0.190. The van der Waals surface area contributed by atoms with Crippen LogP contribution in [0.15, 0.2) is 51.7 Å². The maximum absolute atomic E-state index is 12.5. The van der Waals surface area contributed by atoms with Gasteiger partial charge in [0.25, 0.3) is 0 Å². The van der Waals surface area contributed by atoms with Crippen molar-refractivity contribution in [3.63, 3.8) is 0 Å². The number of aryl methyl sites for hydroxylation is 1. The summed E-state index contributed by atoms with van der Waals surface area (Å²) in [4.78, 5) is 37.2. The van der Waals surface area contributed by atoms with Crippen molar-refractivity contribution in [1.82, 2.24) is 4.90 Å². The van der Waals surface area contributed by atoms with Crippen LogP contribution in [0.4, 0.5) is 4.79 Å². The number of carbonyl (C=O) groups is 2. The number of hydrogen-bond acceptors (Lipinski definition) is 5. The smallest absolute Gasteiger partial charge is 0.414 e. The van der Waals surface area contributed by atoms with Gasteiger partial charge in [-0.25, -0.2) is 14.4 Å². The molecule has 7 nitrogen and oxygen atoms in total. The predicted molar refractivity (Wildman–Crippen MR) is 103 cm³/mol. The summed E-state index contributed by atoms with van der Waals surface area (Å²) in [6.45, 7) is 1.74. The number of carboxylic acids is 1. The molecule has 0 atom stereocenters. The zero-order chi connectivity index (χ0) is 20.4. The van der Waals surface area contributed by atoms with Crippen LogP contribution in [0.3, 0.4) is 0 Å². The summed E-state index contributed by atoms with van der Waals surface area (Å²) in [7, 11) is 2.95. The Kier molecular flexibility index (Phi) is 5.17. The standard InChI is InChI=1S/C21H19NO6/c1-12-14-10-16(19(23)24)18(28-21(26)22(2)3)11-17(14)27-20(25)15(12)9-13-7-5-4-6-8-13/h4-8,10-11H,9H2,1-3H3,(H,23,24). The molecule has 0 unspecified atom stereocenters. The maximum atomic E-state index is 12.5. The number of rotatable bonds is 4. The molecule has 28 heavy (non-hydrogen) atoms. The summed E-state index contributed by atoms with van der Waals surface area (Å²) in [6.07, 6.45) is -0.369. The molecule has 0 aliphatic carbocycles. The molecule has 1 amide bonds. The molecule has 2 aromatic carbocycles. The van der Waals surface area contributed by atoms with Gasteiger partial charge >= 0.3 is 17.7 Å². The molecule has 0 radical (unpaired) electrons. The molecule has 1 N–H and O–H groups in total. The van der Waals surface area contributed by atoms with E-state index in [4.69, 9.17) is 9.15 Å². The first-order chi connectivity index (χ1) is 13.3. The second-order valence-corrected chi connectivity index (χ2v) is 6.57. The second-order valence-electron chi connectivity index (χ2n) is 6.57. The van der Waals surface area contributed by atoms with Crippen LogP contribution in [0.5, 0.6) is 5.75 Å². The van der Waals surface area contributed by atoms with Gasteiger partial charge in [-0.1, -0.05) is 30.3 Å². The SMILES string of the molecule is Cc1c(Cc2ccccc2)c(=O)oc2cc(OC(=O)N(C)C)c(C(=O)O)cc12. The van der Waals surface area contributed by atoms with Crippen LogP contribution in [0.25, 0.3) is 11.0 Å². The summed E-state index contributed by atoms with van der Waals surface area (Å²) in [5.74, 6) is -1.43. The van der Waals surface area contributed by atoms with Gasteiger partial charge in [-0.2, -0.15) is 0 Å². The van der Waals surface area contributed by atoms with Crippen LogP contribution >= 0.6 is 0 Å². The van der Waals surface area contributed by atoms with E-state index in [-0.39, 0.29) is 16.9 Å². The van der Waals surface area contributed by atoms with Gasteiger partial charge < -0.3 is 19.2 Å². The topological polar surface area (TPSA) is 97.0 Å². The number of fused-ring (bicyclic) bond motifs is 1. The van der Waals surface area contributed by atoms with Crippen molar-refractivity contribution in [2.75, 3.05) is 14.1 Å². The molecule has 0 bridgehead atoms. The number of aromatic carboxylic acids is 1. The fourth-order valence-corrected chi connectivity index (χ4v) is 2.86. The van der Waals surface area contributed by atoms with E-state index in [1.165, 1.54) is 31.1 Å². The second kappa shape index (κ2) is 7.56. The van der Waals surface area contributed by atoms with Crippen molar-refractivity contribution in [3.05, 3.63) is 75.1 Å². The van der Waals surface area contributed by atoms with Gasteiger partial charge in [-0.15, -0.1) is 0 Å². The number of hydrogen-bond donors (Lipinski definition) is 1. The number of amides is 1. The van der Waals surface area contributed by atoms with Crippen LogP contribution in [-0.2, 0) is 6.42 Å². The molecule has 144 valence electrons. The van der Waals surface area contributed by atoms with Crippen LogP contribution < -0.4 is 10.4 Å². The van der Waals surface area contributed by atoms with Crippen molar-refractivity contribution in [3.8, 4) is 5.75 Å². The minimum absolute atomic E-state index is 0.158. The Morgan fingerprint density at radius 1 is 1.14 bits per heavy atom. The molecule has 0 aliphatic rings. The molecule has 0 fully saturated rings. The van der Waals surface area contributed by atoms with Gasteiger partial charge in [-0.05, 0) is 24.1 Å². The molecule has 0 aliphatic heterocycles. The van der Waals surface area contributed by atoms with E-state index in [0.29, 0.717) is 22.9 Å². The normalized spacial score (nSPS) is 10.7. The Morgan fingerprint density at radius 2 is 1.82 bits per heavy atom. The van der Waals surface area contributed by atoms with Crippen molar-refractivity contribution < 1.29 is 23.8 Å². The van der Waals surface area contributed by atoms with Gasteiger partial charge in [0, 0.05) is 37.5 Å². The van der Waals surface area contributed by atoms with E-state index in [1.54, 1.807) is 6.92 Å². The van der Waals surface area contributed by atoms with Crippen LogP contribution in [-0.4, -0.2) is 36.2 Å². The Bertz CT molecular complexity index is 1120. The first-order valence-corrected chi connectivity index (χ1v) is 8.54. The third-order valence-electron chi connectivity index (χ3n) is 4.40. The van der Waals surface area contributed by atoms with Gasteiger partial charge in [0.2, 0.25) is 0 Å². The van der Waals surface area contributed by atoms with Crippen molar-refractivity contribution in [1.29, 1.82) is 0 Å². The number of carboxylic acid groups (broad SMARTS) is 1. The summed E-state index contributed by atoms with van der Waals surface area (Å²) >= 11 is 0. The molecule has 0 saturated heterocycles. The van der Waals surface area contributed by atoms with Gasteiger partial charge in [0.15, 0.2) is 5.75 Å². The van der Waals surface area contributed by atoms with E-state index < -0.39 is 17.7 Å². The summed E-state index contributed by atoms with van der Waals surface area (Å²) in [5.41, 5.74) is 1.47. The molecule has 1 aromatic heterocycles. The average molecular weight is 381 g/mol. The number of benzene rings is 2. The van der Waals surface area contributed by atoms with Gasteiger partial charge in [0.05, 0.1) is 0 Å². The van der Waals surface area contributed by atoms with E-state index in [2.05, 4.69) is 0 Å². The fourth-order valence-electron chi connectivity index (χ4n) is 2.86. The third kappa shape index (κ3) is 3.73. The molecule has 0 spiro atoms. The molecular weight excluding hydrogens is 362 g/mol. The molecule has 0 saturated carbocycles. The molecule has 3 rings (SSSR count). The van der Waals surface area contributed by atoms with Crippen molar-refractivity contribution in [2.24, 2.45) is 0 Å². The number of nitrogens with zero attached hydrogens (tertiary/aromatic N) is 1. The third-order valence-corrected chi connectivity index (χ3v) is 4.40. The Balaban J connectivity index is 2.16. The highest BCUT2D eigenvalue weighted by atomic mass is 16.6. The van der Waals surface area contributed by atoms with Crippen LogP contribution in [0.2, 0.25) is 0 Å². The highest BCUT2D eigenvalue weighted by Gasteiger charge is 2.20. The highest BCUT2D eigenvalue weighted by Crippen LogP contribution is 2.29. The highest BCUT2D eigenvalue weighted by molar-refractivity contribution is 5.98.